The molecule has 3 rings (SSSR count). The highest BCUT2D eigenvalue weighted by Crippen LogP contribution is 2.18. The third-order valence-corrected chi connectivity index (χ3v) is 3.45. The second kappa shape index (κ2) is 6.15. The van der Waals surface area contributed by atoms with Crippen LogP contribution < -0.4 is 5.32 Å². The van der Waals surface area contributed by atoms with Crippen LogP contribution in [0.4, 0.5) is 0 Å². The smallest absolute Gasteiger partial charge is 0.251 e. The molecule has 0 aromatic heterocycles. The Morgan fingerprint density at radius 1 is 0.818 bits per heavy atom. The van der Waals surface area contributed by atoms with Gasteiger partial charge in [0.15, 0.2) is 0 Å². The molecule has 3 aromatic rings. The largest absolute Gasteiger partial charge is 0.355 e. The van der Waals surface area contributed by atoms with Gasteiger partial charge in [-0.1, -0.05) is 42.2 Å². The number of hydrogen-bond acceptors (Lipinski definition) is 1. The second-order valence-electron chi connectivity index (χ2n) is 4.97. The fourth-order valence-corrected chi connectivity index (χ4v) is 2.27. The summed E-state index contributed by atoms with van der Waals surface area (Å²) in [5.41, 5.74) is 2.62. The van der Waals surface area contributed by atoms with Crippen LogP contribution in [0.5, 0.6) is 0 Å². The van der Waals surface area contributed by atoms with Crippen molar-refractivity contribution in [2.45, 2.75) is 0 Å². The first kappa shape index (κ1) is 13.9. The van der Waals surface area contributed by atoms with E-state index in [2.05, 4.69) is 17.2 Å². The minimum absolute atomic E-state index is 0.0742. The molecule has 0 heterocycles. The summed E-state index contributed by atoms with van der Waals surface area (Å²) in [6.07, 6.45) is 0. The third kappa shape index (κ3) is 2.99. The zero-order valence-electron chi connectivity index (χ0n) is 12.3. The van der Waals surface area contributed by atoms with Crippen molar-refractivity contribution in [2.75, 3.05) is 7.05 Å². The van der Waals surface area contributed by atoms with Gasteiger partial charge in [0.05, 0.1) is 0 Å². The molecule has 0 aliphatic carbocycles. The van der Waals surface area contributed by atoms with Gasteiger partial charge in [-0.3, -0.25) is 4.79 Å². The molecule has 106 valence electrons. The third-order valence-electron chi connectivity index (χ3n) is 3.45. The Bertz CT molecular complexity index is 886. The van der Waals surface area contributed by atoms with Crippen molar-refractivity contribution >= 4 is 16.7 Å². The van der Waals surface area contributed by atoms with E-state index in [1.807, 2.05) is 66.7 Å². The van der Waals surface area contributed by atoms with E-state index in [1.54, 1.807) is 7.05 Å². The average Bonchev–Trinajstić information content (AvgIpc) is 2.59. The molecule has 22 heavy (non-hydrogen) atoms. The first-order valence-electron chi connectivity index (χ1n) is 7.09. The fraction of sp³-hybridized carbons (Fsp3) is 0.0500. The number of carbonyl (C=O) groups is 1. The molecule has 0 aliphatic rings. The molecule has 0 bridgehead atoms. The maximum Gasteiger partial charge on any atom is 0.251 e. The maximum atomic E-state index is 11.6. The van der Waals surface area contributed by atoms with E-state index >= 15 is 0 Å². The Hall–Kier alpha value is -3.05. The molecule has 3 aromatic carbocycles. The lowest BCUT2D eigenvalue weighted by Crippen LogP contribution is -2.17. The van der Waals surface area contributed by atoms with E-state index in [4.69, 9.17) is 0 Å². The number of rotatable bonds is 1. The van der Waals surface area contributed by atoms with Gasteiger partial charge >= 0.3 is 0 Å². The minimum atomic E-state index is -0.0742. The molecular weight excluding hydrogens is 270 g/mol. The summed E-state index contributed by atoms with van der Waals surface area (Å²) >= 11 is 0. The number of benzene rings is 3. The summed E-state index contributed by atoms with van der Waals surface area (Å²) in [5.74, 6) is 6.25. The van der Waals surface area contributed by atoms with Crippen LogP contribution in [0.2, 0.25) is 0 Å². The van der Waals surface area contributed by atoms with Crippen LogP contribution in [-0.4, -0.2) is 13.0 Å². The minimum Gasteiger partial charge on any atom is -0.355 e. The quantitative estimate of drug-likeness (QED) is 0.680. The van der Waals surface area contributed by atoms with Crippen molar-refractivity contribution < 1.29 is 4.79 Å². The normalized spacial score (nSPS) is 9.86. The zero-order valence-corrected chi connectivity index (χ0v) is 12.3. The number of hydrogen-bond donors (Lipinski definition) is 1. The topological polar surface area (TPSA) is 29.1 Å². The van der Waals surface area contributed by atoms with Crippen LogP contribution in [-0.2, 0) is 0 Å². The van der Waals surface area contributed by atoms with Crippen molar-refractivity contribution in [1.29, 1.82) is 0 Å². The van der Waals surface area contributed by atoms with Gasteiger partial charge in [-0.25, -0.2) is 0 Å². The monoisotopic (exact) mass is 285 g/mol. The predicted molar refractivity (Wildman–Crippen MR) is 89.8 cm³/mol. The van der Waals surface area contributed by atoms with Crippen molar-refractivity contribution in [3.05, 3.63) is 83.4 Å². The van der Waals surface area contributed by atoms with Crippen molar-refractivity contribution in [3.8, 4) is 11.8 Å². The Morgan fingerprint density at radius 2 is 1.50 bits per heavy atom. The Labute approximate surface area is 129 Å². The summed E-state index contributed by atoms with van der Waals surface area (Å²) in [7, 11) is 1.63. The van der Waals surface area contributed by atoms with Gasteiger partial charge in [-0.2, -0.15) is 0 Å². The molecule has 0 fully saturated rings. The van der Waals surface area contributed by atoms with Crippen LogP contribution in [0.1, 0.15) is 21.5 Å². The lowest BCUT2D eigenvalue weighted by Gasteiger charge is -2.03. The lowest BCUT2D eigenvalue weighted by atomic mass is 10.0. The van der Waals surface area contributed by atoms with Crippen LogP contribution in [0.25, 0.3) is 10.8 Å². The molecule has 0 radical (unpaired) electrons. The van der Waals surface area contributed by atoms with Gasteiger partial charge in [0.1, 0.15) is 0 Å². The van der Waals surface area contributed by atoms with Gasteiger partial charge in [-0.15, -0.1) is 0 Å². The van der Waals surface area contributed by atoms with Gasteiger partial charge in [-0.05, 0) is 47.2 Å². The maximum absolute atomic E-state index is 11.6. The van der Waals surface area contributed by atoms with Crippen molar-refractivity contribution in [2.24, 2.45) is 0 Å². The van der Waals surface area contributed by atoms with Crippen molar-refractivity contribution in [3.63, 3.8) is 0 Å². The first-order valence-corrected chi connectivity index (χ1v) is 7.09. The Morgan fingerprint density at radius 3 is 2.27 bits per heavy atom. The van der Waals surface area contributed by atoms with E-state index < -0.39 is 0 Å². The molecule has 0 spiro atoms. The van der Waals surface area contributed by atoms with E-state index in [1.165, 1.54) is 0 Å². The zero-order chi connectivity index (χ0) is 15.4. The average molecular weight is 285 g/mol. The molecule has 2 heteroatoms. The van der Waals surface area contributed by atoms with Gasteiger partial charge in [0, 0.05) is 23.7 Å². The summed E-state index contributed by atoms with van der Waals surface area (Å²) in [4.78, 5) is 11.6. The summed E-state index contributed by atoms with van der Waals surface area (Å²) < 4.78 is 0. The van der Waals surface area contributed by atoms with Gasteiger partial charge in [0.25, 0.3) is 5.91 Å². The molecule has 0 aliphatic heterocycles. The van der Waals surface area contributed by atoms with Crippen LogP contribution >= 0.6 is 0 Å². The van der Waals surface area contributed by atoms with E-state index in [0.29, 0.717) is 5.56 Å². The molecular formula is C20H15NO. The van der Waals surface area contributed by atoms with Crippen LogP contribution in [0.15, 0.2) is 66.7 Å². The first-order chi connectivity index (χ1) is 10.8. The highest BCUT2D eigenvalue weighted by molar-refractivity contribution is 5.98. The van der Waals surface area contributed by atoms with Crippen LogP contribution in [0, 0.1) is 11.8 Å². The van der Waals surface area contributed by atoms with E-state index in [0.717, 1.165) is 21.9 Å². The molecule has 1 amide bonds. The lowest BCUT2D eigenvalue weighted by molar-refractivity contribution is 0.0963. The molecule has 0 saturated carbocycles. The predicted octanol–water partition coefficient (Wildman–Crippen LogP) is 3.60. The molecule has 0 saturated heterocycles. The van der Waals surface area contributed by atoms with E-state index in [9.17, 15) is 4.79 Å². The standard InChI is InChI=1S/C20H15NO/c1-21-20(22)19-12-11-17-13-16(9-10-18(17)14-19)8-7-15-5-3-2-4-6-15/h2-6,9-14H,1H3,(H,21,22). The SMILES string of the molecule is CNC(=O)c1ccc2cc(C#Cc3ccccc3)ccc2c1. The molecule has 1 N–H and O–H groups in total. The summed E-state index contributed by atoms with van der Waals surface area (Å²) in [6.45, 7) is 0. The highest BCUT2D eigenvalue weighted by Gasteiger charge is 2.03. The Kier molecular flexibility index (Phi) is 3.89. The number of fused-ring (bicyclic) bond motifs is 1. The summed E-state index contributed by atoms with van der Waals surface area (Å²) in [6, 6.07) is 21.6. The van der Waals surface area contributed by atoms with Gasteiger partial charge < -0.3 is 5.32 Å². The molecule has 0 atom stereocenters. The van der Waals surface area contributed by atoms with E-state index in [-0.39, 0.29) is 5.91 Å². The Balaban J connectivity index is 1.94. The van der Waals surface area contributed by atoms with Gasteiger partial charge in [0.2, 0.25) is 0 Å². The summed E-state index contributed by atoms with van der Waals surface area (Å²) in [5, 5.41) is 4.74. The number of carbonyl (C=O) groups excluding carboxylic acids is 1. The number of nitrogens with one attached hydrogen (secondary N) is 1. The number of amides is 1. The fourth-order valence-electron chi connectivity index (χ4n) is 2.27. The second-order valence-corrected chi connectivity index (χ2v) is 4.97. The van der Waals surface area contributed by atoms with Crippen LogP contribution in [0.3, 0.4) is 0 Å². The van der Waals surface area contributed by atoms with Crippen molar-refractivity contribution in [1.82, 2.24) is 5.32 Å². The highest BCUT2D eigenvalue weighted by atomic mass is 16.1. The molecule has 0 unspecified atom stereocenters. The molecule has 2 nitrogen and oxygen atoms in total.